The van der Waals surface area contributed by atoms with Crippen LogP contribution in [-0.2, 0) is 0 Å². The molecule has 2 atom stereocenters. The molecule has 7 rings (SSSR count). The van der Waals surface area contributed by atoms with Crippen LogP contribution in [0.1, 0.15) is 47.2 Å². The molecule has 1 heterocycles. The average Bonchev–Trinajstić information content (AvgIpc) is 3.51. The first-order valence-corrected chi connectivity index (χ1v) is 17.6. The van der Waals surface area contributed by atoms with Gasteiger partial charge in [0, 0.05) is 28.7 Å². The van der Waals surface area contributed by atoms with Crippen LogP contribution < -0.4 is 9.80 Å². The maximum absolute atomic E-state index is 2.60. The molecule has 0 amide bonds. The van der Waals surface area contributed by atoms with Crippen LogP contribution in [0.15, 0.2) is 188 Å². The Morgan fingerprint density at radius 3 is 1.54 bits per heavy atom. The highest BCUT2D eigenvalue weighted by atomic mass is 15.2. The van der Waals surface area contributed by atoms with Crippen LogP contribution in [-0.4, -0.2) is 0 Å². The fourth-order valence-electron chi connectivity index (χ4n) is 7.22. The molecular weight excluding hydrogens is 605 g/mol. The van der Waals surface area contributed by atoms with Crippen molar-refractivity contribution in [1.29, 1.82) is 0 Å². The summed E-state index contributed by atoms with van der Waals surface area (Å²) in [5, 5.41) is 0. The second kappa shape index (κ2) is 15.1. The lowest BCUT2D eigenvalue weighted by Crippen LogP contribution is -2.26. The molecule has 0 bridgehead atoms. The monoisotopic (exact) mass is 648 g/mol. The van der Waals surface area contributed by atoms with E-state index in [1.807, 2.05) is 0 Å². The molecule has 0 N–H and O–H groups in total. The van der Waals surface area contributed by atoms with Crippen LogP contribution in [0.2, 0.25) is 0 Å². The summed E-state index contributed by atoms with van der Waals surface area (Å²) in [5.41, 5.74) is 13.5. The normalized spacial score (nSPS) is 16.1. The van der Waals surface area contributed by atoms with Gasteiger partial charge in [-0.3, -0.25) is 0 Å². The third-order valence-corrected chi connectivity index (χ3v) is 9.60. The minimum absolute atomic E-state index is 0.0908. The van der Waals surface area contributed by atoms with Gasteiger partial charge >= 0.3 is 0 Å². The van der Waals surface area contributed by atoms with Crippen molar-refractivity contribution < 1.29 is 0 Å². The van der Waals surface area contributed by atoms with E-state index in [9.17, 15) is 0 Å². The number of nitrogens with zero attached hydrogens (tertiary/aromatic N) is 2. The predicted molar refractivity (Wildman–Crippen MR) is 214 cm³/mol. The third-order valence-electron chi connectivity index (χ3n) is 9.60. The van der Waals surface area contributed by atoms with Gasteiger partial charge in [0.05, 0.1) is 11.7 Å². The van der Waals surface area contributed by atoms with E-state index in [2.05, 4.69) is 219 Å². The Labute approximate surface area is 298 Å². The molecule has 50 heavy (non-hydrogen) atoms. The summed E-state index contributed by atoms with van der Waals surface area (Å²) < 4.78 is 0. The van der Waals surface area contributed by atoms with Crippen LogP contribution in [0, 0.1) is 19.8 Å². The Morgan fingerprint density at radius 1 is 0.540 bits per heavy atom. The Bertz CT molecular complexity index is 2030. The van der Waals surface area contributed by atoms with E-state index in [0.717, 1.165) is 23.5 Å². The van der Waals surface area contributed by atoms with Gasteiger partial charge in [0.25, 0.3) is 0 Å². The molecule has 6 aromatic carbocycles. The average molecular weight is 649 g/mol. The number of hydrogen-bond acceptors (Lipinski definition) is 2. The lowest BCUT2D eigenvalue weighted by atomic mass is 9.83. The van der Waals surface area contributed by atoms with Crippen molar-refractivity contribution in [2.45, 2.75) is 33.2 Å². The van der Waals surface area contributed by atoms with Gasteiger partial charge in [-0.1, -0.05) is 151 Å². The van der Waals surface area contributed by atoms with Gasteiger partial charge in [-0.2, -0.15) is 0 Å². The van der Waals surface area contributed by atoms with Crippen molar-refractivity contribution in [1.82, 2.24) is 0 Å². The third kappa shape index (κ3) is 6.84. The summed E-state index contributed by atoms with van der Waals surface area (Å²) in [6.45, 7) is 6.35. The maximum Gasteiger partial charge on any atom is 0.0664 e. The van der Waals surface area contributed by atoms with E-state index in [4.69, 9.17) is 0 Å². The lowest BCUT2D eigenvalue weighted by Gasteiger charge is -2.34. The maximum atomic E-state index is 2.60. The van der Waals surface area contributed by atoms with Crippen molar-refractivity contribution >= 4 is 34.0 Å². The molecule has 0 aromatic heterocycles. The van der Waals surface area contributed by atoms with Gasteiger partial charge in [-0.05, 0) is 98.0 Å². The molecule has 6 aromatic rings. The van der Waals surface area contributed by atoms with Gasteiger partial charge in [0.1, 0.15) is 0 Å². The number of rotatable bonds is 10. The lowest BCUT2D eigenvalue weighted by molar-refractivity contribution is 0.558. The first-order chi connectivity index (χ1) is 24.6. The molecule has 1 aliphatic heterocycles. The summed E-state index contributed by atoms with van der Waals surface area (Å²) in [7, 11) is 0. The summed E-state index contributed by atoms with van der Waals surface area (Å²) in [6.07, 6.45) is 9.65. The van der Waals surface area contributed by atoms with E-state index in [1.165, 1.54) is 44.8 Å². The second-order valence-electron chi connectivity index (χ2n) is 13.0. The van der Waals surface area contributed by atoms with Crippen molar-refractivity contribution in [2.75, 3.05) is 9.80 Å². The van der Waals surface area contributed by atoms with Crippen LogP contribution in [0.4, 0.5) is 22.7 Å². The molecule has 2 heteroatoms. The first-order valence-electron chi connectivity index (χ1n) is 17.6. The fourth-order valence-corrected chi connectivity index (χ4v) is 7.22. The van der Waals surface area contributed by atoms with Crippen molar-refractivity contribution in [3.05, 3.63) is 216 Å². The van der Waals surface area contributed by atoms with Crippen molar-refractivity contribution in [3.8, 4) is 0 Å². The second-order valence-corrected chi connectivity index (χ2v) is 13.0. The Hall–Kier alpha value is -5.86. The fraction of sp³-hybridized carbons (Fsp3) is 0.125. The zero-order valence-corrected chi connectivity index (χ0v) is 29.2. The molecule has 0 spiro atoms. The van der Waals surface area contributed by atoms with Gasteiger partial charge in [-0.25, -0.2) is 0 Å². The molecule has 0 aliphatic carbocycles. The summed E-state index contributed by atoms with van der Waals surface area (Å²) >= 11 is 0. The van der Waals surface area contributed by atoms with Gasteiger partial charge in [0.2, 0.25) is 0 Å². The van der Waals surface area contributed by atoms with E-state index >= 15 is 0 Å². The van der Waals surface area contributed by atoms with Crippen molar-refractivity contribution in [2.24, 2.45) is 5.92 Å². The Kier molecular flexibility index (Phi) is 9.89. The molecule has 1 aliphatic rings. The minimum Gasteiger partial charge on any atom is -0.333 e. The highest BCUT2D eigenvalue weighted by molar-refractivity contribution is 6.02. The zero-order valence-electron chi connectivity index (χ0n) is 29.2. The Morgan fingerprint density at radius 2 is 1.02 bits per heavy atom. The molecule has 2 unspecified atom stereocenters. The first kappa shape index (κ1) is 32.7. The van der Waals surface area contributed by atoms with Crippen LogP contribution >= 0.6 is 0 Å². The van der Waals surface area contributed by atoms with Crippen LogP contribution in [0.3, 0.4) is 0 Å². The molecular formula is C48H44N2. The van der Waals surface area contributed by atoms with E-state index in [0.29, 0.717) is 0 Å². The zero-order chi connectivity index (χ0) is 34.3. The van der Waals surface area contributed by atoms with E-state index < -0.39 is 0 Å². The molecule has 0 saturated heterocycles. The highest BCUT2D eigenvalue weighted by Gasteiger charge is 2.42. The summed E-state index contributed by atoms with van der Waals surface area (Å²) in [5.74, 6) is 0.216. The number of benzene rings is 6. The largest absolute Gasteiger partial charge is 0.333 e. The summed E-state index contributed by atoms with van der Waals surface area (Å²) in [6, 6.07) is 59.8. The summed E-state index contributed by atoms with van der Waals surface area (Å²) in [4.78, 5) is 4.95. The smallest absolute Gasteiger partial charge is 0.0664 e. The van der Waals surface area contributed by atoms with Crippen LogP contribution in [0.25, 0.3) is 11.3 Å². The highest BCUT2D eigenvalue weighted by Crippen LogP contribution is 2.55. The van der Waals surface area contributed by atoms with Gasteiger partial charge in [-0.15, -0.1) is 0 Å². The predicted octanol–water partition coefficient (Wildman–Crippen LogP) is 13.0. The number of anilines is 4. The topological polar surface area (TPSA) is 6.48 Å². The quantitative estimate of drug-likeness (QED) is 0.136. The molecule has 246 valence electrons. The van der Waals surface area contributed by atoms with Gasteiger partial charge < -0.3 is 9.80 Å². The van der Waals surface area contributed by atoms with E-state index in [1.54, 1.807) is 0 Å². The molecule has 0 saturated carbocycles. The number of hydrogen-bond donors (Lipinski definition) is 0. The molecule has 2 nitrogen and oxygen atoms in total. The number of allylic oxidation sites excluding steroid dienone is 4. The minimum atomic E-state index is 0.0908. The standard InChI is InChI=1S/C48H44N2/c1-4-5-6-16-23-45-46(38-17-10-7-11-18-38)48(40-21-14-9-15-22-40)50(47(45)39-19-12-8-13-20-39)44-34-32-43(33-35-44)49(41-28-24-36(2)25-29-41)42-30-26-37(3)27-31-42/h4-22,24-35,45,47H,23H2,1-3H3. The van der Waals surface area contributed by atoms with Gasteiger partial charge in [0.15, 0.2) is 0 Å². The number of aryl methyl sites for hydroxylation is 2. The SMILES string of the molecule is CC=CC=CCC1C(c2ccccc2)=C(c2ccccc2)N(c2ccc(N(c3ccc(C)cc3)c3ccc(C)cc3)cc2)C1c1ccccc1. The molecule has 0 fully saturated rings. The van der Waals surface area contributed by atoms with E-state index in [-0.39, 0.29) is 12.0 Å². The molecule has 0 radical (unpaired) electrons. The Balaban J connectivity index is 1.42. The van der Waals surface area contributed by atoms with Crippen molar-refractivity contribution in [3.63, 3.8) is 0 Å². The van der Waals surface area contributed by atoms with Crippen LogP contribution in [0.5, 0.6) is 0 Å².